The van der Waals surface area contributed by atoms with Crippen molar-refractivity contribution in [2.24, 2.45) is 0 Å². The van der Waals surface area contributed by atoms with Gasteiger partial charge in [0.1, 0.15) is 11.2 Å². The maximum atomic E-state index is 6.30. The molecule has 5 nitrogen and oxygen atoms in total. The quantitative estimate of drug-likeness (QED) is 0.204. The molecule has 0 aliphatic heterocycles. The summed E-state index contributed by atoms with van der Waals surface area (Å²) in [4.78, 5) is 15.5. The molecule has 10 aromatic rings. The van der Waals surface area contributed by atoms with Gasteiger partial charge in [0.2, 0.25) is 5.95 Å². The number of furan rings is 1. The highest BCUT2D eigenvalue weighted by Gasteiger charge is 2.22. The average molecular weight is 595 g/mol. The van der Waals surface area contributed by atoms with Crippen molar-refractivity contribution in [1.82, 2.24) is 19.5 Å². The number of para-hydroxylation sites is 2. The van der Waals surface area contributed by atoms with Crippen molar-refractivity contribution >= 4 is 75.3 Å². The van der Waals surface area contributed by atoms with Crippen LogP contribution in [-0.4, -0.2) is 19.5 Å². The van der Waals surface area contributed by atoms with Gasteiger partial charge in [-0.2, -0.15) is 9.97 Å². The lowest BCUT2D eigenvalue weighted by molar-refractivity contribution is 0.669. The van der Waals surface area contributed by atoms with Gasteiger partial charge in [0.15, 0.2) is 11.6 Å². The molecular formula is C39H22N4OS. The molecule has 0 fully saturated rings. The zero-order chi connectivity index (χ0) is 29.5. The monoisotopic (exact) mass is 594 g/mol. The summed E-state index contributed by atoms with van der Waals surface area (Å²) in [5, 5.41) is 6.83. The fourth-order valence-electron chi connectivity index (χ4n) is 6.75. The molecule has 0 spiro atoms. The second kappa shape index (κ2) is 9.32. The van der Waals surface area contributed by atoms with Gasteiger partial charge in [-0.1, -0.05) is 97.1 Å². The van der Waals surface area contributed by atoms with E-state index in [0.29, 0.717) is 17.6 Å². The minimum Gasteiger partial charge on any atom is -0.456 e. The van der Waals surface area contributed by atoms with Crippen LogP contribution in [0.2, 0.25) is 0 Å². The van der Waals surface area contributed by atoms with E-state index in [4.69, 9.17) is 19.4 Å². The minimum absolute atomic E-state index is 0.578. The van der Waals surface area contributed by atoms with E-state index in [1.807, 2.05) is 30.3 Å². The van der Waals surface area contributed by atoms with E-state index in [1.54, 1.807) is 11.3 Å². The van der Waals surface area contributed by atoms with E-state index in [0.717, 1.165) is 54.9 Å². The van der Waals surface area contributed by atoms with Crippen LogP contribution >= 0.6 is 11.3 Å². The van der Waals surface area contributed by atoms with E-state index in [1.165, 1.54) is 20.2 Å². The summed E-state index contributed by atoms with van der Waals surface area (Å²) in [6.45, 7) is 0. The van der Waals surface area contributed by atoms with Gasteiger partial charge in [0, 0.05) is 52.8 Å². The first-order valence-electron chi connectivity index (χ1n) is 14.9. The third kappa shape index (κ3) is 3.57. The Morgan fingerprint density at radius 3 is 2.11 bits per heavy atom. The number of aromatic nitrogens is 4. The van der Waals surface area contributed by atoms with Crippen LogP contribution in [0.4, 0.5) is 0 Å². The van der Waals surface area contributed by atoms with E-state index in [-0.39, 0.29) is 0 Å². The number of benzene rings is 6. The fourth-order valence-corrected chi connectivity index (χ4v) is 7.88. The lowest BCUT2D eigenvalue weighted by Crippen LogP contribution is -2.06. The predicted octanol–water partition coefficient (Wildman–Crippen LogP) is 10.6. The topological polar surface area (TPSA) is 56.7 Å². The zero-order valence-electron chi connectivity index (χ0n) is 23.8. The van der Waals surface area contributed by atoms with Gasteiger partial charge in [-0.25, -0.2) is 4.98 Å². The van der Waals surface area contributed by atoms with Crippen LogP contribution in [0.5, 0.6) is 0 Å². The van der Waals surface area contributed by atoms with E-state index in [9.17, 15) is 0 Å². The summed E-state index contributed by atoms with van der Waals surface area (Å²) in [6.07, 6.45) is 0. The summed E-state index contributed by atoms with van der Waals surface area (Å²) in [7, 11) is 0. The highest BCUT2D eigenvalue weighted by molar-refractivity contribution is 7.25. The van der Waals surface area contributed by atoms with Gasteiger partial charge in [-0.3, -0.25) is 4.57 Å². The average Bonchev–Trinajstić information content (AvgIpc) is 3.77. The predicted molar refractivity (Wildman–Crippen MR) is 185 cm³/mol. The Hall–Kier alpha value is -5.85. The fraction of sp³-hybridized carbons (Fsp3) is 0. The Morgan fingerprint density at radius 1 is 0.467 bits per heavy atom. The largest absolute Gasteiger partial charge is 0.456 e. The third-order valence-corrected chi connectivity index (χ3v) is 9.81. The second-order valence-corrected chi connectivity index (χ2v) is 12.3. The molecule has 45 heavy (non-hydrogen) atoms. The number of hydrogen-bond donors (Lipinski definition) is 0. The molecule has 0 radical (unpaired) electrons. The van der Waals surface area contributed by atoms with Crippen LogP contribution in [0.1, 0.15) is 0 Å². The number of thiophene rings is 1. The van der Waals surface area contributed by atoms with Crippen LogP contribution < -0.4 is 0 Å². The molecule has 10 rings (SSSR count). The van der Waals surface area contributed by atoms with E-state index < -0.39 is 0 Å². The number of rotatable bonds is 3. The molecule has 4 aromatic heterocycles. The van der Waals surface area contributed by atoms with Crippen molar-refractivity contribution in [2.75, 3.05) is 0 Å². The Balaban J connectivity index is 1.33. The maximum absolute atomic E-state index is 6.30. The van der Waals surface area contributed by atoms with Gasteiger partial charge in [-0.05, 0) is 36.4 Å². The first-order chi connectivity index (χ1) is 22.3. The van der Waals surface area contributed by atoms with Gasteiger partial charge >= 0.3 is 0 Å². The van der Waals surface area contributed by atoms with Crippen LogP contribution in [-0.2, 0) is 0 Å². The number of hydrogen-bond acceptors (Lipinski definition) is 5. The Kier molecular flexibility index (Phi) is 5.09. The Bertz CT molecular complexity index is 2770. The van der Waals surface area contributed by atoms with Crippen LogP contribution in [0.3, 0.4) is 0 Å². The van der Waals surface area contributed by atoms with Crippen LogP contribution in [0.15, 0.2) is 138 Å². The molecule has 0 amide bonds. The summed E-state index contributed by atoms with van der Waals surface area (Å²) in [5.41, 5.74) is 5.72. The molecule has 0 saturated carbocycles. The molecule has 0 saturated heterocycles. The van der Waals surface area contributed by atoms with Crippen molar-refractivity contribution in [2.45, 2.75) is 0 Å². The number of fused-ring (bicyclic) bond motifs is 10. The highest BCUT2D eigenvalue weighted by atomic mass is 32.1. The lowest BCUT2D eigenvalue weighted by Gasteiger charge is -2.11. The molecule has 0 atom stereocenters. The summed E-state index contributed by atoms with van der Waals surface area (Å²) >= 11 is 1.79. The van der Waals surface area contributed by atoms with Crippen LogP contribution in [0.25, 0.3) is 92.6 Å². The molecule has 0 aliphatic rings. The highest BCUT2D eigenvalue weighted by Crippen LogP contribution is 2.42. The van der Waals surface area contributed by atoms with E-state index in [2.05, 4.69) is 108 Å². The molecule has 0 aliphatic carbocycles. The van der Waals surface area contributed by atoms with Crippen molar-refractivity contribution in [3.8, 4) is 28.7 Å². The van der Waals surface area contributed by atoms with Crippen molar-refractivity contribution < 1.29 is 4.42 Å². The third-order valence-electron chi connectivity index (χ3n) is 8.68. The lowest BCUT2D eigenvalue weighted by atomic mass is 10.1. The van der Waals surface area contributed by atoms with Crippen molar-refractivity contribution in [3.05, 3.63) is 133 Å². The second-order valence-electron chi connectivity index (χ2n) is 11.2. The number of nitrogens with zero attached hydrogens (tertiary/aromatic N) is 4. The minimum atomic E-state index is 0.578. The Morgan fingerprint density at radius 2 is 1.20 bits per heavy atom. The van der Waals surface area contributed by atoms with Gasteiger partial charge in [0.25, 0.3) is 0 Å². The summed E-state index contributed by atoms with van der Waals surface area (Å²) < 4.78 is 10.9. The van der Waals surface area contributed by atoms with E-state index >= 15 is 0 Å². The zero-order valence-corrected chi connectivity index (χ0v) is 24.6. The van der Waals surface area contributed by atoms with Gasteiger partial charge in [0.05, 0.1) is 11.0 Å². The molecule has 0 N–H and O–H groups in total. The van der Waals surface area contributed by atoms with Crippen molar-refractivity contribution in [1.29, 1.82) is 0 Å². The molecule has 4 heterocycles. The first-order valence-corrected chi connectivity index (χ1v) is 15.7. The molecule has 0 bridgehead atoms. The normalized spacial score (nSPS) is 12.0. The van der Waals surface area contributed by atoms with Gasteiger partial charge in [-0.15, -0.1) is 11.3 Å². The molecule has 6 aromatic carbocycles. The maximum Gasteiger partial charge on any atom is 0.238 e. The summed E-state index contributed by atoms with van der Waals surface area (Å²) in [5.74, 6) is 1.86. The summed E-state index contributed by atoms with van der Waals surface area (Å²) in [6, 6.07) is 46.0. The molecular weight excluding hydrogens is 573 g/mol. The smallest absolute Gasteiger partial charge is 0.238 e. The first kappa shape index (κ1) is 24.6. The van der Waals surface area contributed by atoms with Gasteiger partial charge < -0.3 is 4.42 Å². The SMILES string of the molecule is c1ccc(-c2nc(-c3cccc4sc5ccccc5c34)nc(-n3c4ccccc4c4c5c(ccc43)oc3ccccc35)n2)cc1. The van der Waals surface area contributed by atoms with Crippen molar-refractivity contribution in [3.63, 3.8) is 0 Å². The molecule has 0 unspecified atom stereocenters. The van der Waals surface area contributed by atoms with Crippen LogP contribution in [0, 0.1) is 0 Å². The standard InChI is InChI=1S/C39H22N4OS/c1-2-11-23(12-3-1)37-40-38(27-16-10-20-33-34(27)26-15-6-9-19-32(26)45-33)42-39(41-37)43-28-17-7-4-13-24(28)35-29(43)21-22-31-36(35)25-14-5-8-18-30(25)44-31/h1-22H. The molecule has 210 valence electrons. The molecule has 6 heteroatoms. The Labute approximate surface area is 260 Å².